The molecule has 0 aromatic rings. The molecule has 0 N–H and O–H groups in total. The van der Waals surface area contributed by atoms with Crippen LogP contribution in [-0.2, 0) is 9.47 Å². The molecular formula is C24H38O3S10Sn2. The van der Waals surface area contributed by atoms with Crippen molar-refractivity contribution in [2.24, 2.45) is 0 Å². The van der Waals surface area contributed by atoms with Gasteiger partial charge < -0.3 is 0 Å². The molecule has 15 heteroatoms. The summed E-state index contributed by atoms with van der Waals surface area (Å²) in [7, 11) is 0. The van der Waals surface area contributed by atoms with Crippen LogP contribution in [-0.4, -0.2) is 133 Å². The van der Waals surface area contributed by atoms with Gasteiger partial charge in [-0.25, -0.2) is 0 Å². The molecule has 7 aliphatic heterocycles. The standard InChI is InChI=1S/2C7H11OS3.C4H6OS2.2C3H5S.2Sn/c1-5-3-10-7(8-5)4-9-6(2)11-7;1-5-3-8-7(10-5)9-4-6(2)11-7;1-3-2-6-4(5)7-3;2*1-3-2-4-3;;/h5-6H,2-4H2,1H3;5-6H,1,3-4H2,2H3;3H,2H2,1H3;2*3H,1-2H2;;. The number of ether oxygens (including phenoxy) is 2. The normalized spacial score (nSPS) is 44.0. The van der Waals surface area contributed by atoms with Crippen LogP contribution < -0.4 is 0 Å². The third-order valence-electron chi connectivity index (χ3n) is 6.24. The van der Waals surface area contributed by atoms with Crippen molar-refractivity contribution in [2.75, 3.05) is 41.1 Å². The van der Waals surface area contributed by atoms with E-state index in [-0.39, 0.29) is 54.6 Å². The first-order chi connectivity index (χ1) is 18.8. The number of hydrogen-bond donors (Lipinski definition) is 0. The Bertz CT molecular complexity index is 762. The van der Waals surface area contributed by atoms with Gasteiger partial charge >= 0.3 is 252 Å². The Hall–Kier alpha value is 4.69. The van der Waals surface area contributed by atoms with E-state index in [4.69, 9.17) is 9.47 Å². The van der Waals surface area contributed by atoms with Gasteiger partial charge in [0, 0.05) is 11.0 Å². The molecule has 39 heavy (non-hydrogen) atoms. The van der Waals surface area contributed by atoms with Crippen molar-refractivity contribution in [3.05, 3.63) is 0 Å². The average molecular weight is 933 g/mol. The molecule has 7 saturated heterocycles. The Morgan fingerprint density at radius 1 is 0.795 bits per heavy atom. The first-order valence-electron chi connectivity index (χ1n) is 13.5. The first kappa shape index (κ1) is 35.0. The maximum atomic E-state index is 10.4. The molecule has 220 valence electrons. The van der Waals surface area contributed by atoms with Crippen molar-refractivity contribution in [3.8, 4) is 0 Å². The van der Waals surface area contributed by atoms with Crippen LogP contribution in [0.1, 0.15) is 20.8 Å². The van der Waals surface area contributed by atoms with Gasteiger partial charge in [0.25, 0.3) is 0 Å². The van der Waals surface area contributed by atoms with E-state index in [1.807, 2.05) is 35.3 Å². The SMILES string of the molecule is C1SC1[CH2][Sn][CH2]C1CS1.CC1CSC(=O)S1.CC1CSC2(CSC([CH2][Sn][CH2]C3COC4(SCC(C)S4)S3)S2)O1. The third-order valence-corrected chi connectivity index (χ3v) is 34.0. The molecule has 0 aliphatic carbocycles. The summed E-state index contributed by atoms with van der Waals surface area (Å²) in [6.45, 7) is 7.60. The third kappa shape index (κ3) is 12.3. The van der Waals surface area contributed by atoms with Crippen LogP contribution in [0.2, 0.25) is 17.7 Å². The molecule has 0 aromatic heterocycles. The molecule has 9 unspecified atom stereocenters. The van der Waals surface area contributed by atoms with E-state index in [0.29, 0.717) is 11.4 Å². The fourth-order valence-electron chi connectivity index (χ4n) is 4.12. The second kappa shape index (κ2) is 17.2. The van der Waals surface area contributed by atoms with Gasteiger partial charge in [-0.2, -0.15) is 0 Å². The number of carbonyl (C=O) groups excluding carboxylic acids is 1. The fourth-order valence-corrected chi connectivity index (χ4v) is 32.6. The second-order valence-electron chi connectivity index (χ2n) is 10.3. The zero-order chi connectivity index (χ0) is 27.3. The Morgan fingerprint density at radius 3 is 2.05 bits per heavy atom. The van der Waals surface area contributed by atoms with E-state index in [1.54, 1.807) is 8.87 Å². The van der Waals surface area contributed by atoms with Gasteiger partial charge in [0.1, 0.15) is 0 Å². The molecule has 0 bridgehead atoms. The topological polar surface area (TPSA) is 35.5 Å². The van der Waals surface area contributed by atoms with Crippen LogP contribution in [0.25, 0.3) is 0 Å². The molecule has 3 nitrogen and oxygen atoms in total. The molecule has 7 aliphatic rings. The van der Waals surface area contributed by atoms with Gasteiger partial charge in [-0.05, 0) is 0 Å². The van der Waals surface area contributed by atoms with Crippen molar-refractivity contribution in [2.45, 2.75) is 83.3 Å². The maximum absolute atomic E-state index is 10.4. The molecule has 0 saturated carbocycles. The summed E-state index contributed by atoms with van der Waals surface area (Å²) in [5, 5.41) is 4.38. The van der Waals surface area contributed by atoms with Crippen LogP contribution >= 0.6 is 118 Å². The molecule has 0 aromatic carbocycles. The van der Waals surface area contributed by atoms with Gasteiger partial charge in [-0.3, -0.25) is 4.79 Å². The van der Waals surface area contributed by atoms with Crippen molar-refractivity contribution in [3.63, 3.8) is 0 Å². The van der Waals surface area contributed by atoms with E-state index >= 15 is 0 Å². The quantitative estimate of drug-likeness (QED) is 0.173. The second-order valence-corrected chi connectivity index (χ2v) is 32.7. The summed E-state index contributed by atoms with van der Waals surface area (Å²) in [6.07, 6.45) is 0.443. The zero-order valence-corrected chi connectivity index (χ0v) is 36.5. The zero-order valence-electron chi connectivity index (χ0n) is 22.6. The Labute approximate surface area is 298 Å². The minimum atomic E-state index is -0.280. The number of rotatable bonds is 8. The Balaban J connectivity index is 0.000000156. The van der Waals surface area contributed by atoms with Gasteiger partial charge in [-0.15, -0.1) is 0 Å². The summed E-state index contributed by atoms with van der Waals surface area (Å²) in [5.41, 5.74) is 0. The number of carbonyl (C=O) groups is 1. The van der Waals surface area contributed by atoms with Crippen LogP contribution in [0.4, 0.5) is 4.79 Å². The molecule has 7 rings (SSSR count). The van der Waals surface area contributed by atoms with Crippen LogP contribution in [0.5, 0.6) is 0 Å². The first-order valence-corrected chi connectivity index (χ1v) is 31.2. The summed E-state index contributed by atoms with van der Waals surface area (Å²) < 4.78 is 19.9. The van der Waals surface area contributed by atoms with Crippen LogP contribution in [0, 0.1) is 0 Å². The molecule has 9 atom stereocenters. The van der Waals surface area contributed by atoms with Crippen LogP contribution in [0.15, 0.2) is 0 Å². The molecule has 0 amide bonds. The summed E-state index contributed by atoms with van der Waals surface area (Å²) in [5.74, 6) is 7.61. The molecule has 4 radical (unpaired) electrons. The summed E-state index contributed by atoms with van der Waals surface area (Å²) in [6, 6.07) is 0. The molecular weight excluding hydrogens is 894 g/mol. The van der Waals surface area contributed by atoms with Crippen molar-refractivity contribution >= 4 is 164 Å². The molecule has 2 spiro atoms. The summed E-state index contributed by atoms with van der Waals surface area (Å²) >= 11 is 19.6. The van der Waals surface area contributed by atoms with Gasteiger partial charge in [-0.1, -0.05) is 30.4 Å². The number of thioether (sulfide) groups is 10. The number of hydrogen-bond acceptors (Lipinski definition) is 13. The van der Waals surface area contributed by atoms with E-state index in [1.165, 1.54) is 61.2 Å². The van der Waals surface area contributed by atoms with Crippen molar-refractivity contribution < 1.29 is 14.3 Å². The van der Waals surface area contributed by atoms with E-state index in [0.717, 1.165) is 37.9 Å². The van der Waals surface area contributed by atoms with E-state index in [9.17, 15) is 4.79 Å². The summed E-state index contributed by atoms with van der Waals surface area (Å²) in [4.78, 5) is 10.4. The van der Waals surface area contributed by atoms with Crippen LogP contribution in [0.3, 0.4) is 0 Å². The van der Waals surface area contributed by atoms with Crippen molar-refractivity contribution in [1.82, 2.24) is 0 Å². The molecule has 7 heterocycles. The minimum absolute atomic E-state index is 0.0644. The van der Waals surface area contributed by atoms with Gasteiger partial charge in [0.15, 0.2) is 0 Å². The van der Waals surface area contributed by atoms with Gasteiger partial charge in [0.05, 0.1) is 0 Å². The van der Waals surface area contributed by atoms with Gasteiger partial charge in [0.2, 0.25) is 4.45 Å². The Kier molecular flexibility index (Phi) is 15.4. The predicted octanol–water partition coefficient (Wildman–Crippen LogP) is 8.48. The Morgan fingerprint density at radius 2 is 1.51 bits per heavy atom. The monoisotopic (exact) mass is 934 g/mol. The van der Waals surface area contributed by atoms with E-state index < -0.39 is 0 Å². The predicted molar refractivity (Wildman–Crippen MR) is 197 cm³/mol. The fraction of sp³-hybridized carbons (Fsp3) is 0.958. The molecule has 7 fully saturated rings. The van der Waals surface area contributed by atoms with Crippen molar-refractivity contribution in [1.29, 1.82) is 0 Å². The average Bonchev–Trinajstić information content (AvgIpc) is 3.69. The van der Waals surface area contributed by atoms with E-state index in [2.05, 4.69) is 79.6 Å².